The van der Waals surface area contributed by atoms with E-state index in [9.17, 15) is 14.0 Å². The minimum atomic E-state index is -1.83. The van der Waals surface area contributed by atoms with Crippen LogP contribution in [0.3, 0.4) is 0 Å². The van der Waals surface area contributed by atoms with Crippen LogP contribution in [0.25, 0.3) is 0 Å². The number of nitrogens with zero attached hydrogens (tertiary/aromatic N) is 3. The second kappa shape index (κ2) is 10.5. The number of nitrogens with one attached hydrogen (secondary N) is 2. The smallest absolute Gasteiger partial charge is 0.324 e. The van der Waals surface area contributed by atoms with Crippen molar-refractivity contribution in [3.63, 3.8) is 0 Å². The van der Waals surface area contributed by atoms with Crippen LogP contribution in [0.1, 0.15) is 31.0 Å². The molecule has 1 atom stereocenters. The summed E-state index contributed by atoms with van der Waals surface area (Å²) in [7, 11) is 0. The van der Waals surface area contributed by atoms with Crippen molar-refractivity contribution in [2.24, 2.45) is 0 Å². The predicted octanol–water partition coefficient (Wildman–Crippen LogP) is 4.92. The number of fused-ring (bicyclic) bond motifs is 1. The minimum absolute atomic E-state index is 0.0624. The van der Waals surface area contributed by atoms with Gasteiger partial charge in [0, 0.05) is 30.7 Å². The molecule has 3 heterocycles. The summed E-state index contributed by atoms with van der Waals surface area (Å²) in [5.74, 6) is -0.965. The molecule has 0 fully saturated rings. The van der Waals surface area contributed by atoms with Gasteiger partial charge in [-0.05, 0) is 58.2 Å². The van der Waals surface area contributed by atoms with E-state index in [1.807, 2.05) is 6.92 Å². The molecule has 0 spiro atoms. The molecule has 9 nitrogen and oxygen atoms in total. The zero-order valence-electron chi connectivity index (χ0n) is 19.9. The summed E-state index contributed by atoms with van der Waals surface area (Å²) in [6, 6.07) is 9.03. The van der Waals surface area contributed by atoms with Gasteiger partial charge in [0.25, 0.3) is 0 Å². The number of benzene rings is 1. The number of aryl methyl sites for hydroxylation is 1. The molecule has 2 aromatic heterocycles. The summed E-state index contributed by atoms with van der Waals surface area (Å²) in [5, 5.41) is 5.67. The highest BCUT2D eigenvalue weighted by atomic mass is 79.9. The van der Waals surface area contributed by atoms with Crippen LogP contribution in [0.2, 0.25) is 0 Å². The van der Waals surface area contributed by atoms with Crippen molar-refractivity contribution in [1.29, 1.82) is 0 Å². The first-order valence-electron chi connectivity index (χ1n) is 11.1. The fraction of sp³-hybridized carbons (Fsp3) is 0.280. The molecule has 2 N–H and O–H groups in total. The summed E-state index contributed by atoms with van der Waals surface area (Å²) in [5.41, 5.74) is 2.00. The monoisotopic (exact) mass is 557 g/mol. The zero-order valence-corrected chi connectivity index (χ0v) is 21.5. The van der Waals surface area contributed by atoms with Gasteiger partial charge in [0.2, 0.25) is 11.8 Å². The van der Waals surface area contributed by atoms with Gasteiger partial charge >= 0.3 is 6.03 Å². The molecule has 0 aliphatic carbocycles. The number of carbonyl (C=O) groups excluding carboxylic acids is 2. The highest BCUT2D eigenvalue weighted by Gasteiger charge is 2.30. The lowest BCUT2D eigenvalue weighted by atomic mass is 10.1. The number of urea groups is 1. The number of ether oxygens (including phenoxy) is 2. The standard InChI is InChI=1S/C25H25BrFN5O4/c1-15-8-20-23(29-10-15)32(13-22(33)30-20)24(34)31-21(14-35-19-9-17(26)11-28-12-19)16-4-6-18(7-5-16)36-25(2,3)27/h4-12,21H,13-14H2,1-3H3,(H,30,33)(H,31,34). The van der Waals surface area contributed by atoms with Crippen molar-refractivity contribution in [2.45, 2.75) is 32.7 Å². The lowest BCUT2D eigenvalue weighted by molar-refractivity contribution is -0.115. The third kappa shape index (κ3) is 6.48. The molecule has 3 aromatic rings. The van der Waals surface area contributed by atoms with Crippen molar-refractivity contribution in [2.75, 3.05) is 23.4 Å². The molecule has 188 valence electrons. The second-order valence-electron chi connectivity index (χ2n) is 8.70. The van der Waals surface area contributed by atoms with Crippen LogP contribution in [0, 0.1) is 6.92 Å². The highest BCUT2D eigenvalue weighted by molar-refractivity contribution is 9.10. The second-order valence-corrected chi connectivity index (χ2v) is 9.62. The van der Waals surface area contributed by atoms with Crippen LogP contribution >= 0.6 is 15.9 Å². The maximum absolute atomic E-state index is 13.9. The number of amides is 3. The molecule has 1 aromatic carbocycles. The largest absolute Gasteiger partial charge is 0.489 e. The first-order valence-corrected chi connectivity index (χ1v) is 11.9. The Bertz CT molecular complexity index is 1270. The number of halogens is 2. The Balaban J connectivity index is 1.57. The van der Waals surface area contributed by atoms with Gasteiger partial charge in [-0.15, -0.1) is 0 Å². The molecule has 1 unspecified atom stereocenters. The quantitative estimate of drug-likeness (QED) is 0.427. The number of carbonyl (C=O) groups is 2. The molecule has 0 saturated heterocycles. The lowest BCUT2D eigenvalue weighted by Gasteiger charge is -2.30. The number of rotatable bonds is 7. The van der Waals surface area contributed by atoms with Gasteiger partial charge in [0.05, 0.1) is 17.9 Å². The van der Waals surface area contributed by atoms with E-state index in [1.54, 1.807) is 55.0 Å². The van der Waals surface area contributed by atoms with E-state index >= 15 is 0 Å². The molecule has 3 amide bonds. The Labute approximate surface area is 216 Å². The Morgan fingerprint density at radius 3 is 2.67 bits per heavy atom. The van der Waals surface area contributed by atoms with Crippen LogP contribution < -0.4 is 25.0 Å². The van der Waals surface area contributed by atoms with E-state index in [0.29, 0.717) is 28.6 Å². The van der Waals surface area contributed by atoms with Gasteiger partial charge in [-0.1, -0.05) is 12.1 Å². The minimum Gasteiger partial charge on any atom is -0.489 e. The van der Waals surface area contributed by atoms with Crippen LogP contribution in [0.15, 0.2) is 59.5 Å². The maximum atomic E-state index is 13.9. The van der Waals surface area contributed by atoms with Crippen LogP contribution in [-0.4, -0.2) is 40.9 Å². The number of aromatic nitrogens is 2. The van der Waals surface area contributed by atoms with Gasteiger partial charge in [-0.2, -0.15) is 4.39 Å². The molecule has 4 rings (SSSR count). The summed E-state index contributed by atoms with van der Waals surface area (Å²) >= 11 is 3.36. The fourth-order valence-corrected chi connectivity index (χ4v) is 3.94. The predicted molar refractivity (Wildman–Crippen MR) is 136 cm³/mol. The number of hydrogen-bond donors (Lipinski definition) is 2. The fourth-order valence-electron chi connectivity index (χ4n) is 3.59. The van der Waals surface area contributed by atoms with E-state index in [2.05, 4.69) is 36.5 Å². The van der Waals surface area contributed by atoms with E-state index in [4.69, 9.17) is 9.47 Å². The summed E-state index contributed by atoms with van der Waals surface area (Å²) < 4.78 is 25.8. The Kier molecular flexibility index (Phi) is 7.39. The topological polar surface area (TPSA) is 106 Å². The number of alkyl halides is 1. The van der Waals surface area contributed by atoms with Gasteiger partial charge < -0.3 is 20.1 Å². The summed E-state index contributed by atoms with van der Waals surface area (Å²) in [6.07, 6.45) is 4.81. The zero-order chi connectivity index (χ0) is 25.9. The number of pyridine rings is 2. The molecular formula is C25H25BrFN5O4. The van der Waals surface area contributed by atoms with Crippen LogP contribution in [0.4, 0.5) is 20.7 Å². The maximum Gasteiger partial charge on any atom is 0.324 e. The van der Waals surface area contributed by atoms with Gasteiger partial charge in [0.1, 0.15) is 24.7 Å². The SMILES string of the molecule is Cc1cnc2c(c1)NC(=O)CN2C(=O)NC(COc1cncc(Br)c1)c1ccc(OC(C)(C)F)cc1. The Hall–Kier alpha value is -3.73. The molecular weight excluding hydrogens is 533 g/mol. The molecule has 36 heavy (non-hydrogen) atoms. The molecule has 11 heteroatoms. The van der Waals surface area contributed by atoms with Crippen molar-refractivity contribution < 1.29 is 23.5 Å². The average molecular weight is 558 g/mol. The molecule has 1 aliphatic rings. The molecule has 0 bridgehead atoms. The normalized spacial score (nSPS) is 13.9. The van der Waals surface area contributed by atoms with Crippen molar-refractivity contribution in [1.82, 2.24) is 15.3 Å². The summed E-state index contributed by atoms with van der Waals surface area (Å²) in [4.78, 5) is 35.3. The third-order valence-electron chi connectivity index (χ3n) is 5.12. The third-order valence-corrected chi connectivity index (χ3v) is 5.55. The van der Waals surface area contributed by atoms with Crippen molar-refractivity contribution >= 4 is 39.4 Å². The van der Waals surface area contributed by atoms with E-state index < -0.39 is 17.9 Å². The van der Waals surface area contributed by atoms with Gasteiger partial charge in [-0.25, -0.2) is 9.78 Å². The van der Waals surface area contributed by atoms with Crippen molar-refractivity contribution in [3.8, 4) is 11.5 Å². The molecule has 0 radical (unpaired) electrons. The van der Waals surface area contributed by atoms with Crippen LogP contribution in [0.5, 0.6) is 11.5 Å². The van der Waals surface area contributed by atoms with E-state index in [-0.39, 0.29) is 19.1 Å². The van der Waals surface area contributed by atoms with Crippen LogP contribution in [-0.2, 0) is 4.79 Å². The van der Waals surface area contributed by atoms with Gasteiger partial charge in [-0.3, -0.25) is 14.7 Å². The molecule has 1 aliphatic heterocycles. The van der Waals surface area contributed by atoms with E-state index in [0.717, 1.165) is 10.0 Å². The Morgan fingerprint density at radius 2 is 1.97 bits per heavy atom. The van der Waals surface area contributed by atoms with E-state index in [1.165, 1.54) is 18.7 Å². The Morgan fingerprint density at radius 1 is 1.22 bits per heavy atom. The number of hydrogen-bond acceptors (Lipinski definition) is 6. The van der Waals surface area contributed by atoms with Gasteiger partial charge in [0.15, 0.2) is 5.82 Å². The first kappa shape index (κ1) is 25.4. The average Bonchev–Trinajstić information content (AvgIpc) is 2.80. The molecule has 0 saturated carbocycles. The van der Waals surface area contributed by atoms with Crippen molar-refractivity contribution in [3.05, 3.63) is 70.6 Å². The summed E-state index contributed by atoms with van der Waals surface area (Å²) in [6.45, 7) is 4.35. The first-order chi connectivity index (χ1) is 17.1. The number of anilines is 2. The lowest BCUT2D eigenvalue weighted by Crippen LogP contribution is -2.49. The highest BCUT2D eigenvalue weighted by Crippen LogP contribution is 2.29.